The fourth-order valence-electron chi connectivity index (χ4n) is 2.13. The number of aliphatic hydroxyl groups excluding tert-OH is 1. The van der Waals surface area contributed by atoms with Crippen LogP contribution in [0.3, 0.4) is 0 Å². The number of nitrogens with zero attached hydrogens (tertiary/aromatic N) is 1. The molecule has 0 aliphatic carbocycles. The number of hydrogen-bond acceptors (Lipinski definition) is 2. The predicted molar refractivity (Wildman–Crippen MR) is 73.2 cm³/mol. The van der Waals surface area contributed by atoms with Crippen LogP contribution in [0.25, 0.3) is 0 Å². The van der Waals surface area contributed by atoms with Crippen molar-refractivity contribution in [2.24, 2.45) is 0 Å². The number of rotatable bonds is 7. The zero-order chi connectivity index (χ0) is 12.7. The fourth-order valence-corrected chi connectivity index (χ4v) is 2.13. The Balaban J connectivity index is 2.70. The molecule has 2 nitrogen and oxygen atoms in total. The number of hydrogen-bond donors (Lipinski definition) is 1. The predicted octanol–water partition coefficient (Wildman–Crippen LogP) is 3.01. The van der Waals surface area contributed by atoms with Gasteiger partial charge in [-0.25, -0.2) is 0 Å². The van der Waals surface area contributed by atoms with Gasteiger partial charge in [-0.3, -0.25) is 0 Å². The minimum absolute atomic E-state index is 0.237. The maximum atomic E-state index is 9.09. The molecule has 0 radical (unpaired) electrons. The van der Waals surface area contributed by atoms with Crippen LogP contribution in [-0.2, 0) is 6.42 Å². The van der Waals surface area contributed by atoms with Gasteiger partial charge in [0.1, 0.15) is 0 Å². The summed E-state index contributed by atoms with van der Waals surface area (Å²) in [6, 6.07) is 9.16. The van der Waals surface area contributed by atoms with Crippen LogP contribution in [0.2, 0.25) is 0 Å². The van der Waals surface area contributed by atoms with E-state index in [0.717, 1.165) is 6.42 Å². The molecule has 0 amide bonds. The van der Waals surface area contributed by atoms with Crippen molar-refractivity contribution in [3.05, 3.63) is 35.4 Å². The highest BCUT2D eigenvalue weighted by Crippen LogP contribution is 2.22. The van der Waals surface area contributed by atoms with Crippen molar-refractivity contribution in [2.75, 3.05) is 20.7 Å². The van der Waals surface area contributed by atoms with Gasteiger partial charge in [0.05, 0.1) is 0 Å². The SMILES string of the molecule is CCCCc1ccc(C(CCO)N(C)C)cc1. The van der Waals surface area contributed by atoms with E-state index in [0.29, 0.717) is 6.04 Å². The van der Waals surface area contributed by atoms with Gasteiger partial charge < -0.3 is 10.0 Å². The molecule has 0 aliphatic heterocycles. The number of unbranched alkanes of at least 4 members (excludes halogenated alkanes) is 1. The van der Waals surface area contributed by atoms with Gasteiger partial charge in [-0.15, -0.1) is 0 Å². The van der Waals surface area contributed by atoms with Crippen molar-refractivity contribution in [1.82, 2.24) is 4.90 Å². The highest BCUT2D eigenvalue weighted by Gasteiger charge is 2.12. The third-order valence-corrected chi connectivity index (χ3v) is 3.21. The Morgan fingerprint density at radius 3 is 2.29 bits per heavy atom. The second-order valence-corrected chi connectivity index (χ2v) is 4.84. The molecule has 0 saturated carbocycles. The lowest BCUT2D eigenvalue weighted by Gasteiger charge is -2.24. The standard InChI is InChI=1S/C15H25NO/c1-4-5-6-13-7-9-14(10-8-13)15(11-12-17)16(2)3/h7-10,15,17H,4-6,11-12H2,1-3H3. The first-order valence-electron chi connectivity index (χ1n) is 6.55. The van der Waals surface area contributed by atoms with Gasteiger partial charge in [0.15, 0.2) is 0 Å². The second kappa shape index (κ2) is 7.46. The van der Waals surface area contributed by atoms with E-state index in [1.165, 1.54) is 30.4 Å². The molecule has 0 bridgehead atoms. The van der Waals surface area contributed by atoms with E-state index in [4.69, 9.17) is 5.11 Å². The summed E-state index contributed by atoms with van der Waals surface area (Å²) < 4.78 is 0. The maximum Gasteiger partial charge on any atom is 0.0449 e. The highest BCUT2D eigenvalue weighted by molar-refractivity contribution is 5.25. The third-order valence-electron chi connectivity index (χ3n) is 3.21. The topological polar surface area (TPSA) is 23.5 Å². The first kappa shape index (κ1) is 14.2. The van der Waals surface area contributed by atoms with E-state index in [2.05, 4.69) is 50.2 Å². The van der Waals surface area contributed by atoms with Crippen LogP contribution in [0.4, 0.5) is 0 Å². The molecular weight excluding hydrogens is 210 g/mol. The third kappa shape index (κ3) is 4.49. The summed E-state index contributed by atoms with van der Waals surface area (Å²) in [5.41, 5.74) is 2.71. The van der Waals surface area contributed by atoms with E-state index in [9.17, 15) is 0 Å². The molecular formula is C15H25NO. The average Bonchev–Trinajstić information content (AvgIpc) is 2.34. The molecule has 17 heavy (non-hydrogen) atoms. The molecule has 1 rings (SSSR count). The Morgan fingerprint density at radius 2 is 1.82 bits per heavy atom. The molecule has 1 N–H and O–H groups in total. The van der Waals surface area contributed by atoms with Crippen LogP contribution in [0.15, 0.2) is 24.3 Å². The Kier molecular flexibility index (Phi) is 6.23. The monoisotopic (exact) mass is 235 g/mol. The molecule has 0 aromatic heterocycles. The van der Waals surface area contributed by atoms with Crippen molar-refractivity contribution in [3.8, 4) is 0 Å². The van der Waals surface area contributed by atoms with E-state index in [1.807, 2.05) is 0 Å². The lowest BCUT2D eigenvalue weighted by Crippen LogP contribution is -2.21. The average molecular weight is 235 g/mol. The molecule has 2 heteroatoms. The molecule has 0 aliphatic rings. The summed E-state index contributed by atoms with van der Waals surface area (Å²) in [6.45, 7) is 2.46. The van der Waals surface area contributed by atoms with Gasteiger partial charge in [-0.2, -0.15) is 0 Å². The minimum atomic E-state index is 0.237. The molecule has 1 aromatic rings. The first-order valence-corrected chi connectivity index (χ1v) is 6.55. The number of aryl methyl sites for hydroxylation is 1. The largest absolute Gasteiger partial charge is 0.396 e. The lowest BCUT2D eigenvalue weighted by molar-refractivity contribution is 0.211. The zero-order valence-corrected chi connectivity index (χ0v) is 11.3. The van der Waals surface area contributed by atoms with Crippen molar-refractivity contribution in [2.45, 2.75) is 38.6 Å². The van der Waals surface area contributed by atoms with Gasteiger partial charge in [0, 0.05) is 12.6 Å². The van der Waals surface area contributed by atoms with Gasteiger partial charge in [-0.05, 0) is 44.5 Å². The normalized spacial score (nSPS) is 13.0. The van der Waals surface area contributed by atoms with Crippen LogP contribution in [-0.4, -0.2) is 30.7 Å². The Morgan fingerprint density at radius 1 is 1.18 bits per heavy atom. The summed E-state index contributed by atoms with van der Waals surface area (Å²) >= 11 is 0. The summed E-state index contributed by atoms with van der Waals surface area (Å²) in [6.07, 6.45) is 4.46. The fraction of sp³-hybridized carbons (Fsp3) is 0.600. The lowest BCUT2D eigenvalue weighted by atomic mass is 10.00. The van der Waals surface area contributed by atoms with Crippen molar-refractivity contribution in [3.63, 3.8) is 0 Å². The summed E-state index contributed by atoms with van der Waals surface area (Å²) in [5, 5.41) is 9.09. The van der Waals surface area contributed by atoms with E-state index in [-0.39, 0.29) is 6.61 Å². The maximum absolute atomic E-state index is 9.09. The molecule has 1 aromatic carbocycles. The number of aliphatic hydroxyl groups is 1. The minimum Gasteiger partial charge on any atom is -0.396 e. The second-order valence-electron chi connectivity index (χ2n) is 4.84. The number of benzene rings is 1. The molecule has 0 heterocycles. The Bertz CT molecular complexity index is 305. The van der Waals surface area contributed by atoms with Crippen molar-refractivity contribution in [1.29, 1.82) is 0 Å². The highest BCUT2D eigenvalue weighted by atomic mass is 16.3. The van der Waals surface area contributed by atoms with Crippen molar-refractivity contribution < 1.29 is 5.11 Å². The van der Waals surface area contributed by atoms with Crippen LogP contribution < -0.4 is 0 Å². The quantitative estimate of drug-likeness (QED) is 0.785. The van der Waals surface area contributed by atoms with Gasteiger partial charge >= 0.3 is 0 Å². The molecule has 0 spiro atoms. The summed E-state index contributed by atoms with van der Waals surface area (Å²) in [7, 11) is 4.12. The van der Waals surface area contributed by atoms with Crippen LogP contribution in [0.1, 0.15) is 43.4 Å². The van der Waals surface area contributed by atoms with E-state index in [1.54, 1.807) is 0 Å². The van der Waals surface area contributed by atoms with E-state index < -0.39 is 0 Å². The summed E-state index contributed by atoms with van der Waals surface area (Å²) in [4.78, 5) is 2.16. The van der Waals surface area contributed by atoms with Crippen molar-refractivity contribution >= 4 is 0 Å². The van der Waals surface area contributed by atoms with Crippen LogP contribution in [0, 0.1) is 0 Å². The van der Waals surface area contributed by atoms with Crippen LogP contribution >= 0.6 is 0 Å². The molecule has 96 valence electrons. The molecule has 1 unspecified atom stereocenters. The first-order chi connectivity index (χ1) is 8.19. The molecule has 0 saturated heterocycles. The Labute approximate surface area is 105 Å². The Hall–Kier alpha value is -0.860. The van der Waals surface area contributed by atoms with Crippen LogP contribution in [0.5, 0.6) is 0 Å². The van der Waals surface area contributed by atoms with E-state index >= 15 is 0 Å². The molecule has 1 atom stereocenters. The summed E-state index contributed by atoms with van der Waals surface area (Å²) in [5.74, 6) is 0. The smallest absolute Gasteiger partial charge is 0.0449 e. The van der Waals surface area contributed by atoms with Gasteiger partial charge in [0.25, 0.3) is 0 Å². The zero-order valence-electron chi connectivity index (χ0n) is 11.3. The van der Waals surface area contributed by atoms with Gasteiger partial charge in [-0.1, -0.05) is 37.6 Å². The van der Waals surface area contributed by atoms with Gasteiger partial charge in [0.2, 0.25) is 0 Å². The molecule has 0 fully saturated rings.